The Kier molecular flexibility index (Phi) is 7.44. The molecule has 1 aromatic heterocycles. The van der Waals surface area contributed by atoms with E-state index in [1.807, 2.05) is 24.3 Å². The van der Waals surface area contributed by atoms with Crippen LogP contribution in [0.1, 0.15) is 62.0 Å². The summed E-state index contributed by atoms with van der Waals surface area (Å²) in [6, 6.07) is 16.9. The minimum atomic E-state index is -0.776. The summed E-state index contributed by atoms with van der Waals surface area (Å²) in [4.78, 5) is 18.2. The van der Waals surface area contributed by atoms with Crippen molar-refractivity contribution in [2.75, 3.05) is 20.2 Å². The van der Waals surface area contributed by atoms with Gasteiger partial charge in [-0.15, -0.1) is 0 Å². The highest BCUT2D eigenvalue weighted by Gasteiger charge is 2.30. The van der Waals surface area contributed by atoms with Gasteiger partial charge < -0.3 is 14.6 Å². The van der Waals surface area contributed by atoms with Crippen molar-refractivity contribution in [3.8, 4) is 22.8 Å². The summed E-state index contributed by atoms with van der Waals surface area (Å²) < 4.78 is 12.0. The minimum absolute atomic E-state index is 0.0376. The second-order valence-electron chi connectivity index (χ2n) is 11.7. The predicted octanol–water partition coefficient (Wildman–Crippen LogP) is 6.32. The van der Waals surface area contributed by atoms with E-state index >= 15 is 0 Å². The van der Waals surface area contributed by atoms with Gasteiger partial charge in [-0.1, -0.05) is 51.1 Å². The number of carboxylic acids is 1. The molecule has 5 rings (SSSR count). The maximum atomic E-state index is 11.3. The van der Waals surface area contributed by atoms with Crippen LogP contribution in [0.5, 0.6) is 11.6 Å². The van der Waals surface area contributed by atoms with Crippen LogP contribution in [0.3, 0.4) is 0 Å². The fourth-order valence-corrected chi connectivity index (χ4v) is 5.73. The summed E-state index contributed by atoms with van der Waals surface area (Å²) >= 11 is 0. The maximum Gasteiger partial charge on any atom is 0.306 e. The first kappa shape index (κ1) is 26.2. The minimum Gasteiger partial charge on any atom is -0.485 e. The van der Waals surface area contributed by atoms with Gasteiger partial charge in [0.2, 0.25) is 5.88 Å². The van der Waals surface area contributed by atoms with Gasteiger partial charge in [0.15, 0.2) is 0 Å². The fourth-order valence-electron chi connectivity index (χ4n) is 5.73. The highest BCUT2D eigenvalue weighted by Crippen LogP contribution is 2.38. The van der Waals surface area contributed by atoms with Crippen molar-refractivity contribution in [2.45, 2.75) is 59.1 Å². The number of benzene rings is 2. The molecule has 2 aromatic carbocycles. The number of hydrogen-bond donors (Lipinski definition) is 1. The molecular formula is C32H38N2O4. The van der Waals surface area contributed by atoms with Gasteiger partial charge in [0.05, 0.1) is 13.0 Å². The Hall–Kier alpha value is -3.38. The molecule has 0 spiro atoms. The summed E-state index contributed by atoms with van der Waals surface area (Å²) in [6.45, 7) is 9.50. The van der Waals surface area contributed by atoms with E-state index in [1.54, 1.807) is 20.2 Å². The van der Waals surface area contributed by atoms with E-state index in [1.165, 1.54) is 28.7 Å². The van der Waals surface area contributed by atoms with E-state index in [2.05, 4.69) is 48.0 Å². The molecule has 6 nitrogen and oxygen atoms in total. The van der Waals surface area contributed by atoms with Crippen LogP contribution in [0.25, 0.3) is 11.1 Å². The molecule has 1 N–H and O–H groups in total. The van der Waals surface area contributed by atoms with Gasteiger partial charge in [0.25, 0.3) is 0 Å². The van der Waals surface area contributed by atoms with Crippen LogP contribution in [0.2, 0.25) is 0 Å². The van der Waals surface area contributed by atoms with Crippen molar-refractivity contribution in [1.82, 2.24) is 9.88 Å². The van der Waals surface area contributed by atoms with Crippen molar-refractivity contribution in [3.05, 3.63) is 77.0 Å². The van der Waals surface area contributed by atoms with Crippen molar-refractivity contribution >= 4 is 5.97 Å². The summed E-state index contributed by atoms with van der Waals surface area (Å²) in [5.74, 6) is 0.287. The first-order chi connectivity index (χ1) is 18.2. The van der Waals surface area contributed by atoms with Crippen LogP contribution in [0, 0.1) is 11.3 Å². The van der Waals surface area contributed by atoms with E-state index in [0.29, 0.717) is 17.7 Å². The molecule has 0 aliphatic carbocycles. The molecule has 1 unspecified atom stereocenters. The number of fused-ring (bicyclic) bond motifs is 1. The number of pyridine rings is 1. The Balaban J connectivity index is 1.43. The highest BCUT2D eigenvalue weighted by molar-refractivity contribution is 5.70. The number of carbonyl (C=O) groups is 1. The Morgan fingerprint density at radius 1 is 1.21 bits per heavy atom. The van der Waals surface area contributed by atoms with Crippen LogP contribution in [0.15, 0.2) is 54.7 Å². The number of ether oxygens (including phenoxy) is 2. The number of likely N-dealkylation sites (tertiary alicyclic amines) is 1. The summed E-state index contributed by atoms with van der Waals surface area (Å²) in [6.07, 6.45) is 5.32. The quantitative estimate of drug-likeness (QED) is 0.379. The normalized spacial score (nSPS) is 19.4. The van der Waals surface area contributed by atoms with Gasteiger partial charge in [-0.2, -0.15) is 0 Å². The van der Waals surface area contributed by atoms with Gasteiger partial charge in [-0.3, -0.25) is 9.69 Å². The van der Waals surface area contributed by atoms with Crippen LogP contribution in [-0.2, 0) is 24.2 Å². The van der Waals surface area contributed by atoms with Crippen LogP contribution < -0.4 is 9.47 Å². The monoisotopic (exact) mass is 514 g/mol. The molecule has 1 fully saturated rings. The first-order valence-corrected chi connectivity index (χ1v) is 13.6. The Morgan fingerprint density at radius 3 is 2.79 bits per heavy atom. The molecule has 2 aliphatic heterocycles. The average molecular weight is 515 g/mol. The zero-order chi connectivity index (χ0) is 26.9. The van der Waals surface area contributed by atoms with Crippen LogP contribution in [-0.4, -0.2) is 41.2 Å². The van der Waals surface area contributed by atoms with Crippen molar-refractivity contribution in [2.24, 2.45) is 11.3 Å². The van der Waals surface area contributed by atoms with Gasteiger partial charge in [-0.05, 0) is 83.2 Å². The highest BCUT2D eigenvalue weighted by atomic mass is 16.5. The molecule has 2 atom stereocenters. The number of methoxy groups -OCH3 is 1. The fraction of sp³-hybridized carbons (Fsp3) is 0.438. The van der Waals surface area contributed by atoms with E-state index < -0.39 is 11.9 Å². The van der Waals surface area contributed by atoms with Crippen LogP contribution >= 0.6 is 0 Å². The second-order valence-corrected chi connectivity index (χ2v) is 11.7. The number of carboxylic acid groups (broad SMARTS) is 1. The van der Waals surface area contributed by atoms with Gasteiger partial charge >= 0.3 is 5.97 Å². The van der Waals surface area contributed by atoms with Gasteiger partial charge in [0.1, 0.15) is 11.9 Å². The zero-order valence-corrected chi connectivity index (χ0v) is 22.9. The maximum absolute atomic E-state index is 11.3. The molecule has 3 aromatic rings. The number of aryl methyl sites for hydroxylation is 1. The van der Waals surface area contributed by atoms with Crippen molar-refractivity contribution in [3.63, 3.8) is 0 Å². The largest absolute Gasteiger partial charge is 0.485 e. The lowest BCUT2D eigenvalue weighted by molar-refractivity contribution is -0.141. The third-order valence-electron chi connectivity index (χ3n) is 7.95. The molecular weight excluding hydrogens is 476 g/mol. The topological polar surface area (TPSA) is 71.9 Å². The van der Waals surface area contributed by atoms with Crippen molar-refractivity contribution < 1.29 is 19.4 Å². The molecule has 0 saturated carbocycles. The van der Waals surface area contributed by atoms with E-state index in [0.717, 1.165) is 49.4 Å². The summed E-state index contributed by atoms with van der Waals surface area (Å²) in [5, 5.41) is 9.32. The molecule has 3 heterocycles. The zero-order valence-electron chi connectivity index (χ0n) is 22.9. The van der Waals surface area contributed by atoms with E-state index in [9.17, 15) is 9.90 Å². The second kappa shape index (κ2) is 10.8. The molecule has 0 bridgehead atoms. The third-order valence-corrected chi connectivity index (χ3v) is 7.95. The Morgan fingerprint density at radius 2 is 2.05 bits per heavy atom. The van der Waals surface area contributed by atoms with E-state index in [4.69, 9.17) is 9.47 Å². The van der Waals surface area contributed by atoms with E-state index in [-0.39, 0.29) is 6.10 Å². The van der Waals surface area contributed by atoms with Gasteiger partial charge in [0, 0.05) is 25.4 Å². The molecule has 0 radical (unpaired) electrons. The molecule has 1 saturated heterocycles. The molecule has 38 heavy (non-hydrogen) atoms. The number of aliphatic carboxylic acids is 1. The SMILES string of the molecule is COc1cc(-c2ccc([C@@H]3CCc4ccc(CC(C)C(=O)O)cc4O3)cc2CN2CCC(C)(C)C2)ccn1. The Bertz CT molecular complexity index is 1320. The molecule has 2 aliphatic rings. The lowest BCUT2D eigenvalue weighted by Gasteiger charge is -2.28. The number of nitrogens with zero attached hydrogens (tertiary/aromatic N) is 2. The number of rotatable bonds is 8. The third kappa shape index (κ3) is 5.86. The van der Waals surface area contributed by atoms with Crippen LogP contribution in [0.4, 0.5) is 0 Å². The Labute approximate surface area is 225 Å². The molecule has 6 heteroatoms. The lowest BCUT2D eigenvalue weighted by Crippen LogP contribution is -2.23. The van der Waals surface area contributed by atoms with Gasteiger partial charge in [-0.25, -0.2) is 4.98 Å². The van der Waals surface area contributed by atoms with Crippen molar-refractivity contribution in [1.29, 1.82) is 0 Å². The summed E-state index contributed by atoms with van der Waals surface area (Å²) in [5.41, 5.74) is 7.28. The standard InChI is InChI=1S/C32H38N2O4/c1-21(31(35)36)15-22-5-6-23-8-10-28(38-29(23)16-22)25-7-9-27(24-11-13-33-30(18-24)37-4)26(17-25)19-34-14-12-32(2,3)20-34/h5-7,9,11,13,16-18,21,28H,8,10,12,14-15,19-20H2,1-4H3,(H,35,36)/t21?,28-/m0/s1. The summed E-state index contributed by atoms with van der Waals surface area (Å²) in [7, 11) is 1.65. The number of aromatic nitrogens is 1. The predicted molar refractivity (Wildman–Crippen MR) is 149 cm³/mol. The smallest absolute Gasteiger partial charge is 0.306 e. The lowest BCUT2D eigenvalue weighted by atomic mass is 9.91. The first-order valence-electron chi connectivity index (χ1n) is 13.6. The molecule has 0 amide bonds. The average Bonchev–Trinajstić information content (AvgIpc) is 3.25. The molecule has 200 valence electrons. The number of hydrogen-bond acceptors (Lipinski definition) is 5.